The van der Waals surface area contributed by atoms with E-state index in [2.05, 4.69) is 13.8 Å². The number of carboxylic acids is 1. The molecule has 0 aliphatic carbocycles. The first-order valence-electron chi connectivity index (χ1n) is 11.2. The molecular formula is C22H45O3Ti. The molecular weight excluding hydrogens is 360 g/mol. The molecule has 26 heavy (non-hydrogen) atoms. The molecule has 0 atom stereocenters. The molecule has 4 heteroatoms. The van der Waals surface area contributed by atoms with Gasteiger partial charge in [0.2, 0.25) is 0 Å². The maximum absolute atomic E-state index is 10.3. The van der Waals surface area contributed by atoms with E-state index in [1.165, 1.54) is 96.3 Å². The van der Waals surface area contributed by atoms with E-state index >= 15 is 0 Å². The predicted molar refractivity (Wildman–Crippen MR) is 108 cm³/mol. The number of hydrogen-bond donors (Lipinski definition) is 1. The van der Waals surface area contributed by atoms with Crippen LogP contribution in [0.4, 0.5) is 0 Å². The van der Waals surface area contributed by atoms with Crippen LogP contribution in [-0.4, -0.2) is 17.7 Å². The molecule has 0 spiro atoms. The van der Waals surface area contributed by atoms with E-state index in [9.17, 15) is 4.79 Å². The van der Waals surface area contributed by atoms with E-state index < -0.39 is 5.97 Å². The first kappa shape index (κ1) is 28.4. The predicted octanol–water partition coefficient (Wildman–Crippen LogP) is 7.60. The zero-order valence-electron chi connectivity index (χ0n) is 17.7. The van der Waals surface area contributed by atoms with Gasteiger partial charge in [-0.15, -0.1) is 0 Å². The SMILES string of the molecule is CCCCCCCCCCCCCCCCCC(=O)O.CCCC[O][Ti]. The molecule has 0 aromatic rings. The Labute approximate surface area is 175 Å². The second-order valence-electron chi connectivity index (χ2n) is 7.30. The minimum absolute atomic E-state index is 0.345. The Kier molecular flexibility index (Phi) is 29.8. The summed E-state index contributed by atoms with van der Waals surface area (Å²) in [6.07, 6.45) is 22.6. The van der Waals surface area contributed by atoms with Crippen LogP contribution in [0.1, 0.15) is 129 Å². The Morgan fingerprint density at radius 3 is 1.27 bits per heavy atom. The summed E-state index contributed by atoms with van der Waals surface area (Å²) in [7, 11) is 0. The van der Waals surface area contributed by atoms with Crippen LogP contribution < -0.4 is 0 Å². The quantitative estimate of drug-likeness (QED) is 0.178. The molecule has 0 unspecified atom stereocenters. The number of rotatable bonds is 19. The van der Waals surface area contributed by atoms with Crippen LogP contribution in [0.5, 0.6) is 0 Å². The molecule has 3 nitrogen and oxygen atoms in total. The van der Waals surface area contributed by atoms with Crippen molar-refractivity contribution >= 4 is 5.97 Å². The van der Waals surface area contributed by atoms with Crippen LogP contribution in [0.25, 0.3) is 0 Å². The zero-order chi connectivity index (χ0) is 19.7. The number of hydrogen-bond acceptors (Lipinski definition) is 2. The first-order valence-corrected chi connectivity index (χ1v) is 11.8. The van der Waals surface area contributed by atoms with E-state index in [1.54, 1.807) is 20.8 Å². The molecule has 155 valence electrons. The molecule has 0 saturated carbocycles. The summed E-state index contributed by atoms with van der Waals surface area (Å²) in [5, 5.41) is 8.52. The van der Waals surface area contributed by atoms with E-state index in [4.69, 9.17) is 8.42 Å². The summed E-state index contributed by atoms with van der Waals surface area (Å²) in [5.41, 5.74) is 0. The molecule has 0 aliphatic heterocycles. The second kappa shape index (κ2) is 27.4. The summed E-state index contributed by atoms with van der Waals surface area (Å²) in [4.78, 5) is 10.3. The van der Waals surface area contributed by atoms with Crippen molar-refractivity contribution in [3.05, 3.63) is 0 Å². The summed E-state index contributed by atoms with van der Waals surface area (Å²) in [6.45, 7) is 5.34. The molecule has 1 N–H and O–H groups in total. The van der Waals surface area contributed by atoms with Crippen molar-refractivity contribution in [2.75, 3.05) is 6.61 Å². The van der Waals surface area contributed by atoms with Crippen LogP contribution in [0.2, 0.25) is 0 Å². The van der Waals surface area contributed by atoms with Gasteiger partial charge in [-0.1, -0.05) is 96.8 Å². The van der Waals surface area contributed by atoms with Crippen LogP contribution in [0.15, 0.2) is 0 Å². The second-order valence-corrected chi connectivity index (χ2v) is 7.75. The molecule has 0 fully saturated rings. The van der Waals surface area contributed by atoms with E-state index in [0.717, 1.165) is 19.4 Å². The van der Waals surface area contributed by atoms with Crippen LogP contribution in [0, 0.1) is 0 Å². The molecule has 0 heterocycles. The molecule has 0 saturated heterocycles. The normalized spacial score (nSPS) is 10.3. The minimum atomic E-state index is -0.653. The number of unbranched alkanes of at least 4 members (excludes halogenated alkanes) is 15. The van der Waals surface area contributed by atoms with Gasteiger partial charge in [-0.25, -0.2) is 0 Å². The number of aliphatic carboxylic acids is 1. The van der Waals surface area contributed by atoms with Gasteiger partial charge in [0.15, 0.2) is 0 Å². The Bertz CT molecular complexity index is 256. The Balaban J connectivity index is 0. The average Bonchev–Trinajstić information content (AvgIpc) is 2.63. The number of carbonyl (C=O) groups is 1. The molecule has 0 rings (SSSR count). The fourth-order valence-corrected chi connectivity index (χ4v) is 3.09. The van der Waals surface area contributed by atoms with Gasteiger partial charge >= 0.3 is 56.5 Å². The van der Waals surface area contributed by atoms with Gasteiger partial charge in [0.25, 0.3) is 0 Å². The van der Waals surface area contributed by atoms with Crippen molar-refractivity contribution < 1.29 is 34.0 Å². The van der Waals surface area contributed by atoms with Crippen LogP contribution in [-0.2, 0) is 28.9 Å². The van der Waals surface area contributed by atoms with Gasteiger partial charge in [0, 0.05) is 6.42 Å². The molecule has 0 amide bonds. The van der Waals surface area contributed by atoms with Crippen LogP contribution >= 0.6 is 0 Å². The van der Waals surface area contributed by atoms with Crippen molar-refractivity contribution in [2.24, 2.45) is 0 Å². The van der Waals surface area contributed by atoms with Gasteiger partial charge in [0.1, 0.15) is 0 Å². The third kappa shape index (κ3) is 31.9. The van der Waals surface area contributed by atoms with E-state index in [1.807, 2.05) is 0 Å². The maximum atomic E-state index is 10.3. The van der Waals surface area contributed by atoms with Crippen molar-refractivity contribution in [2.45, 2.75) is 129 Å². The van der Waals surface area contributed by atoms with Gasteiger partial charge < -0.3 is 5.11 Å². The fraction of sp³-hybridized carbons (Fsp3) is 0.955. The summed E-state index contributed by atoms with van der Waals surface area (Å²) >= 11 is 1.73. The summed E-state index contributed by atoms with van der Waals surface area (Å²) < 4.78 is 4.78. The van der Waals surface area contributed by atoms with Crippen molar-refractivity contribution in [1.82, 2.24) is 0 Å². The van der Waals surface area contributed by atoms with Gasteiger partial charge in [-0.3, -0.25) is 4.79 Å². The molecule has 0 aliphatic rings. The topological polar surface area (TPSA) is 46.5 Å². The van der Waals surface area contributed by atoms with E-state index in [0.29, 0.717) is 6.42 Å². The average molecular weight is 405 g/mol. The molecule has 0 bridgehead atoms. The Morgan fingerprint density at radius 2 is 1.00 bits per heavy atom. The molecule has 0 radical (unpaired) electrons. The van der Waals surface area contributed by atoms with Crippen LogP contribution in [0.3, 0.4) is 0 Å². The third-order valence-corrected chi connectivity index (χ3v) is 4.91. The van der Waals surface area contributed by atoms with Gasteiger partial charge in [-0.05, 0) is 6.42 Å². The number of carboxylic acid groups (broad SMARTS) is 1. The van der Waals surface area contributed by atoms with Gasteiger partial charge in [-0.2, -0.15) is 0 Å². The fourth-order valence-electron chi connectivity index (χ4n) is 2.86. The monoisotopic (exact) mass is 405 g/mol. The van der Waals surface area contributed by atoms with Crippen molar-refractivity contribution in [3.63, 3.8) is 0 Å². The zero-order valence-corrected chi connectivity index (χ0v) is 19.3. The Hall–Kier alpha value is 0.144. The molecule has 0 aromatic heterocycles. The first-order chi connectivity index (χ1) is 12.7. The van der Waals surface area contributed by atoms with Gasteiger partial charge in [0.05, 0.1) is 0 Å². The summed E-state index contributed by atoms with van der Waals surface area (Å²) in [6, 6.07) is 0. The third-order valence-electron chi connectivity index (χ3n) is 4.59. The molecule has 0 aromatic carbocycles. The van der Waals surface area contributed by atoms with Crippen molar-refractivity contribution in [1.29, 1.82) is 0 Å². The standard InChI is InChI=1S/C18H36O2.C4H9O.Ti/c1-2-3-4-5-6-7-8-9-10-11-12-13-14-15-16-17-18(19)20;1-2-3-4-5;/h2-17H2,1H3,(H,19,20);2-4H2,1H3;/q;-1;+1. The Morgan fingerprint density at radius 1 is 0.654 bits per heavy atom. The summed E-state index contributed by atoms with van der Waals surface area (Å²) in [5.74, 6) is -0.653. The van der Waals surface area contributed by atoms with E-state index in [-0.39, 0.29) is 0 Å². The van der Waals surface area contributed by atoms with Crippen molar-refractivity contribution in [3.8, 4) is 0 Å².